The summed E-state index contributed by atoms with van der Waals surface area (Å²) in [6, 6.07) is 17.5. The first-order valence-corrected chi connectivity index (χ1v) is 10.9. The predicted octanol–water partition coefficient (Wildman–Crippen LogP) is 4.82. The minimum absolute atomic E-state index is 0.0508. The molecule has 2 heterocycles. The van der Waals surface area contributed by atoms with Crippen LogP contribution in [0.2, 0.25) is 0 Å². The summed E-state index contributed by atoms with van der Waals surface area (Å²) in [5.74, 6) is -0.293. The highest BCUT2D eigenvalue weighted by Gasteiger charge is 2.17. The van der Waals surface area contributed by atoms with Crippen LogP contribution in [-0.2, 0) is 12.0 Å². The summed E-state index contributed by atoms with van der Waals surface area (Å²) in [6.45, 7) is 6.86. The van der Waals surface area contributed by atoms with Crippen molar-refractivity contribution in [3.63, 3.8) is 0 Å². The van der Waals surface area contributed by atoms with Gasteiger partial charge < -0.3 is 15.6 Å². The molecule has 0 atom stereocenters. The molecule has 0 saturated carbocycles. The van der Waals surface area contributed by atoms with Crippen molar-refractivity contribution in [3.05, 3.63) is 89.2 Å². The van der Waals surface area contributed by atoms with Gasteiger partial charge in [0.1, 0.15) is 5.65 Å². The van der Waals surface area contributed by atoms with E-state index in [2.05, 4.69) is 41.4 Å². The molecule has 2 amide bonds. The number of rotatable bonds is 5. The molecule has 6 nitrogen and oxygen atoms in total. The molecule has 3 N–H and O–H groups in total. The first-order valence-electron chi connectivity index (χ1n) is 10.9. The molecule has 0 saturated heterocycles. The Hall–Kier alpha value is -3.93. The van der Waals surface area contributed by atoms with E-state index >= 15 is 0 Å². The monoisotopic (exact) mass is 440 g/mol. The highest BCUT2D eigenvalue weighted by Crippen LogP contribution is 2.31. The Morgan fingerprint density at radius 3 is 2.27 bits per heavy atom. The van der Waals surface area contributed by atoms with Gasteiger partial charge in [-0.3, -0.25) is 9.59 Å². The highest BCUT2D eigenvalue weighted by atomic mass is 16.2. The number of fused-ring (bicyclic) bond motifs is 1. The van der Waals surface area contributed by atoms with Crippen LogP contribution in [0, 0.1) is 0 Å². The molecule has 4 rings (SSSR count). The van der Waals surface area contributed by atoms with Crippen molar-refractivity contribution in [2.75, 3.05) is 7.05 Å². The van der Waals surface area contributed by atoms with Gasteiger partial charge in [-0.05, 0) is 40.3 Å². The van der Waals surface area contributed by atoms with Crippen molar-refractivity contribution in [2.45, 2.75) is 32.7 Å². The van der Waals surface area contributed by atoms with E-state index in [1.807, 2.05) is 60.8 Å². The Labute approximate surface area is 193 Å². The first-order chi connectivity index (χ1) is 15.8. The normalized spacial score (nSPS) is 11.4. The average Bonchev–Trinajstić information content (AvgIpc) is 3.30. The Bertz CT molecular complexity index is 1300. The van der Waals surface area contributed by atoms with Crippen LogP contribution in [0.4, 0.5) is 0 Å². The van der Waals surface area contributed by atoms with Gasteiger partial charge in [-0.15, -0.1) is 0 Å². The van der Waals surface area contributed by atoms with Crippen LogP contribution in [0.15, 0.2) is 67.0 Å². The van der Waals surface area contributed by atoms with E-state index in [1.165, 1.54) is 5.56 Å². The van der Waals surface area contributed by atoms with E-state index < -0.39 is 0 Å². The molecule has 0 spiro atoms. The van der Waals surface area contributed by atoms with E-state index in [-0.39, 0.29) is 17.2 Å². The smallest absolute Gasteiger partial charge is 0.253 e. The zero-order chi connectivity index (χ0) is 23.6. The lowest BCUT2D eigenvalue weighted by Gasteiger charge is -2.19. The van der Waals surface area contributed by atoms with Gasteiger partial charge in [0.05, 0.1) is 5.56 Å². The highest BCUT2D eigenvalue weighted by molar-refractivity contribution is 6.08. The molecular formula is C27H28N4O2. The van der Waals surface area contributed by atoms with Gasteiger partial charge >= 0.3 is 0 Å². The van der Waals surface area contributed by atoms with E-state index in [1.54, 1.807) is 13.2 Å². The molecule has 0 aliphatic heterocycles. The second-order valence-corrected chi connectivity index (χ2v) is 9.07. The Morgan fingerprint density at radius 1 is 0.939 bits per heavy atom. The lowest BCUT2D eigenvalue weighted by molar-refractivity contribution is 0.0947. The van der Waals surface area contributed by atoms with E-state index in [4.69, 9.17) is 0 Å². The molecule has 2 aromatic carbocycles. The molecule has 33 heavy (non-hydrogen) atoms. The van der Waals surface area contributed by atoms with Crippen LogP contribution in [0.25, 0.3) is 22.2 Å². The summed E-state index contributed by atoms with van der Waals surface area (Å²) < 4.78 is 0. The topological polar surface area (TPSA) is 86.9 Å². The van der Waals surface area contributed by atoms with Crippen LogP contribution >= 0.6 is 0 Å². The minimum atomic E-state index is -0.186. The lowest BCUT2D eigenvalue weighted by atomic mass is 9.87. The van der Waals surface area contributed by atoms with Gasteiger partial charge in [-0.1, -0.05) is 57.2 Å². The molecule has 0 aliphatic rings. The minimum Gasteiger partial charge on any atom is -0.355 e. The average molecular weight is 441 g/mol. The summed E-state index contributed by atoms with van der Waals surface area (Å²) in [5, 5.41) is 6.55. The molecule has 0 bridgehead atoms. The zero-order valence-electron chi connectivity index (χ0n) is 19.3. The molecule has 6 heteroatoms. The summed E-state index contributed by atoms with van der Waals surface area (Å²) in [6.07, 6.45) is 3.40. The van der Waals surface area contributed by atoms with Crippen LogP contribution in [-0.4, -0.2) is 28.8 Å². The van der Waals surface area contributed by atoms with Crippen molar-refractivity contribution in [1.29, 1.82) is 0 Å². The van der Waals surface area contributed by atoms with Crippen molar-refractivity contribution < 1.29 is 9.59 Å². The number of hydrogen-bond acceptors (Lipinski definition) is 3. The summed E-state index contributed by atoms with van der Waals surface area (Å²) in [5.41, 5.74) is 5.84. The number of aromatic nitrogens is 2. The van der Waals surface area contributed by atoms with Crippen LogP contribution in [0.3, 0.4) is 0 Å². The fourth-order valence-electron chi connectivity index (χ4n) is 3.82. The Kier molecular flexibility index (Phi) is 6.01. The number of pyridine rings is 1. The van der Waals surface area contributed by atoms with Crippen molar-refractivity contribution in [3.8, 4) is 11.1 Å². The maximum Gasteiger partial charge on any atom is 0.253 e. The number of nitrogens with one attached hydrogen (secondary N) is 3. The van der Waals surface area contributed by atoms with Gasteiger partial charge in [0.15, 0.2) is 0 Å². The Morgan fingerprint density at radius 2 is 1.64 bits per heavy atom. The molecule has 4 aromatic rings. The van der Waals surface area contributed by atoms with E-state index in [0.717, 1.165) is 27.7 Å². The second kappa shape index (κ2) is 8.90. The third-order valence-electron chi connectivity index (χ3n) is 5.77. The fourth-order valence-corrected chi connectivity index (χ4v) is 3.82. The number of H-pyrrole nitrogens is 1. The van der Waals surface area contributed by atoms with Crippen LogP contribution in [0.5, 0.6) is 0 Å². The SMILES string of the molecule is CNC(=O)c1cnc2[nH]ccc2c1-c1ccc(CNC(=O)c2ccc(C(C)(C)C)cc2)cc1. The number of hydrogen-bond donors (Lipinski definition) is 3. The van der Waals surface area contributed by atoms with Gasteiger partial charge in [0, 0.05) is 42.5 Å². The largest absolute Gasteiger partial charge is 0.355 e. The second-order valence-electron chi connectivity index (χ2n) is 9.07. The molecule has 0 unspecified atom stereocenters. The molecule has 0 fully saturated rings. The number of nitrogens with zero attached hydrogens (tertiary/aromatic N) is 1. The first kappa shape index (κ1) is 22.3. The number of carbonyl (C=O) groups is 2. The van der Waals surface area contributed by atoms with E-state index in [0.29, 0.717) is 17.7 Å². The van der Waals surface area contributed by atoms with Gasteiger partial charge in [0.2, 0.25) is 0 Å². The number of amides is 2. The molecule has 2 aromatic heterocycles. The number of carbonyl (C=O) groups excluding carboxylic acids is 2. The van der Waals surface area contributed by atoms with Crippen LogP contribution in [0.1, 0.15) is 52.6 Å². The standard InChI is InChI=1S/C27H28N4O2/c1-27(2,3)20-11-9-19(10-12-20)25(32)31-15-17-5-7-18(8-6-17)23-21-13-14-29-24(21)30-16-22(23)26(33)28-4/h5-14,16H,15H2,1-4H3,(H,28,33)(H,29,30)(H,31,32). The number of aromatic amines is 1. The van der Waals surface area contributed by atoms with Crippen molar-refractivity contribution >= 4 is 22.8 Å². The van der Waals surface area contributed by atoms with Crippen molar-refractivity contribution in [1.82, 2.24) is 20.6 Å². The van der Waals surface area contributed by atoms with E-state index in [9.17, 15) is 9.59 Å². The maximum atomic E-state index is 12.6. The molecule has 0 aliphatic carbocycles. The summed E-state index contributed by atoms with van der Waals surface area (Å²) in [7, 11) is 1.61. The molecule has 0 radical (unpaired) electrons. The molecule has 168 valence electrons. The summed E-state index contributed by atoms with van der Waals surface area (Å²) in [4.78, 5) is 32.4. The third-order valence-corrected chi connectivity index (χ3v) is 5.77. The summed E-state index contributed by atoms with van der Waals surface area (Å²) >= 11 is 0. The van der Waals surface area contributed by atoms with Gasteiger partial charge in [-0.25, -0.2) is 4.98 Å². The maximum absolute atomic E-state index is 12.6. The lowest BCUT2D eigenvalue weighted by Crippen LogP contribution is -2.23. The molecular weight excluding hydrogens is 412 g/mol. The fraction of sp³-hybridized carbons (Fsp3) is 0.222. The van der Waals surface area contributed by atoms with Crippen LogP contribution < -0.4 is 10.6 Å². The third kappa shape index (κ3) is 4.65. The predicted molar refractivity (Wildman–Crippen MR) is 131 cm³/mol. The van der Waals surface area contributed by atoms with Gasteiger partial charge in [0.25, 0.3) is 11.8 Å². The zero-order valence-corrected chi connectivity index (χ0v) is 19.3. The quantitative estimate of drug-likeness (QED) is 0.416. The van der Waals surface area contributed by atoms with Gasteiger partial charge in [-0.2, -0.15) is 0 Å². The van der Waals surface area contributed by atoms with Crippen molar-refractivity contribution in [2.24, 2.45) is 0 Å². The Balaban J connectivity index is 1.51. The number of benzene rings is 2.